The van der Waals surface area contributed by atoms with Gasteiger partial charge in [0.15, 0.2) is 0 Å². The summed E-state index contributed by atoms with van der Waals surface area (Å²) in [4.78, 5) is 0. The lowest BCUT2D eigenvalue weighted by Gasteiger charge is -2.17. The van der Waals surface area contributed by atoms with Crippen molar-refractivity contribution in [2.24, 2.45) is 5.92 Å². The molecule has 1 fully saturated rings. The Balaban J connectivity index is 1.79. The Kier molecular flexibility index (Phi) is 6.13. The standard InChI is InChI=1S/C16H22Cl2FN/c1-11(13-9-16(19)15(18)10-14(13)17)20-8-4-7-12-5-2-3-6-12/h9-12,20H,2-8H2,1H3. The highest BCUT2D eigenvalue weighted by molar-refractivity contribution is 6.35. The van der Waals surface area contributed by atoms with Gasteiger partial charge in [0.25, 0.3) is 0 Å². The van der Waals surface area contributed by atoms with Crippen LogP contribution in [0, 0.1) is 11.7 Å². The molecule has 1 aliphatic carbocycles. The van der Waals surface area contributed by atoms with Crippen LogP contribution in [0.1, 0.15) is 57.1 Å². The third-order valence-corrected chi connectivity index (χ3v) is 4.84. The van der Waals surface area contributed by atoms with Crippen LogP contribution in [0.15, 0.2) is 12.1 Å². The summed E-state index contributed by atoms with van der Waals surface area (Å²) in [6.45, 7) is 2.95. The quantitative estimate of drug-likeness (QED) is 0.520. The summed E-state index contributed by atoms with van der Waals surface area (Å²) in [5.74, 6) is 0.509. The maximum Gasteiger partial charge on any atom is 0.142 e. The first-order chi connectivity index (χ1) is 9.58. The average Bonchev–Trinajstić information content (AvgIpc) is 2.92. The fourth-order valence-electron chi connectivity index (χ4n) is 2.99. The molecule has 1 N–H and O–H groups in total. The van der Waals surface area contributed by atoms with Gasteiger partial charge < -0.3 is 5.32 Å². The average molecular weight is 318 g/mol. The van der Waals surface area contributed by atoms with Crippen molar-refractivity contribution in [2.75, 3.05) is 6.54 Å². The Hall–Kier alpha value is -0.310. The van der Waals surface area contributed by atoms with E-state index in [1.807, 2.05) is 6.92 Å². The summed E-state index contributed by atoms with van der Waals surface area (Å²) in [5.41, 5.74) is 0.773. The first-order valence-corrected chi connectivity index (χ1v) is 8.21. The molecule has 2 rings (SSSR count). The maximum absolute atomic E-state index is 13.5. The van der Waals surface area contributed by atoms with Crippen molar-refractivity contribution < 1.29 is 4.39 Å². The van der Waals surface area contributed by atoms with Crippen molar-refractivity contribution in [3.8, 4) is 0 Å². The van der Waals surface area contributed by atoms with E-state index in [1.165, 1.54) is 50.7 Å². The zero-order chi connectivity index (χ0) is 14.5. The highest BCUT2D eigenvalue weighted by Gasteiger charge is 2.15. The van der Waals surface area contributed by atoms with Crippen molar-refractivity contribution in [2.45, 2.75) is 51.5 Å². The molecule has 20 heavy (non-hydrogen) atoms. The highest BCUT2D eigenvalue weighted by atomic mass is 35.5. The zero-order valence-corrected chi connectivity index (χ0v) is 13.4. The first kappa shape index (κ1) is 16.1. The van der Waals surface area contributed by atoms with Crippen LogP contribution in [0.5, 0.6) is 0 Å². The minimum atomic E-state index is -0.411. The van der Waals surface area contributed by atoms with Crippen molar-refractivity contribution in [3.63, 3.8) is 0 Å². The number of nitrogens with one attached hydrogen (secondary N) is 1. The Bertz CT molecular complexity index is 444. The summed E-state index contributed by atoms with van der Waals surface area (Å²) in [6, 6.07) is 2.95. The first-order valence-electron chi connectivity index (χ1n) is 7.45. The molecule has 1 aromatic rings. The molecule has 1 aromatic carbocycles. The van der Waals surface area contributed by atoms with Crippen LogP contribution in [0.2, 0.25) is 10.0 Å². The molecule has 1 unspecified atom stereocenters. The van der Waals surface area contributed by atoms with Crippen LogP contribution in [0.3, 0.4) is 0 Å². The van der Waals surface area contributed by atoms with Crippen LogP contribution in [0.4, 0.5) is 4.39 Å². The van der Waals surface area contributed by atoms with Gasteiger partial charge in [0, 0.05) is 11.1 Å². The number of halogens is 3. The molecule has 1 nitrogen and oxygen atoms in total. The molecule has 1 atom stereocenters. The van der Waals surface area contributed by atoms with Crippen LogP contribution < -0.4 is 5.32 Å². The van der Waals surface area contributed by atoms with Crippen molar-refractivity contribution >= 4 is 23.2 Å². The lowest BCUT2D eigenvalue weighted by Crippen LogP contribution is -2.20. The Morgan fingerprint density at radius 3 is 2.65 bits per heavy atom. The summed E-state index contributed by atoms with van der Waals surface area (Å²) >= 11 is 11.8. The van der Waals surface area contributed by atoms with Crippen LogP contribution >= 0.6 is 23.2 Å². The summed E-state index contributed by atoms with van der Waals surface area (Å²) in [6.07, 6.45) is 8.04. The Labute approximate surface area is 130 Å². The normalized spacial score (nSPS) is 17.6. The van der Waals surface area contributed by atoms with E-state index in [0.29, 0.717) is 5.02 Å². The molecule has 0 spiro atoms. The van der Waals surface area contributed by atoms with Gasteiger partial charge in [-0.05, 0) is 49.9 Å². The van der Waals surface area contributed by atoms with Gasteiger partial charge >= 0.3 is 0 Å². The third kappa shape index (κ3) is 4.34. The van der Waals surface area contributed by atoms with Gasteiger partial charge in [0.2, 0.25) is 0 Å². The van der Waals surface area contributed by atoms with Gasteiger partial charge in [-0.15, -0.1) is 0 Å². The molecule has 0 aliphatic heterocycles. The van der Waals surface area contributed by atoms with E-state index < -0.39 is 5.82 Å². The molecular weight excluding hydrogens is 296 g/mol. The maximum atomic E-state index is 13.5. The molecule has 0 aromatic heterocycles. The minimum Gasteiger partial charge on any atom is -0.310 e. The second-order valence-electron chi connectivity index (χ2n) is 5.76. The van der Waals surface area contributed by atoms with Crippen molar-refractivity contribution in [1.29, 1.82) is 0 Å². The molecule has 0 saturated heterocycles. The van der Waals surface area contributed by atoms with Gasteiger partial charge in [-0.1, -0.05) is 48.9 Å². The van der Waals surface area contributed by atoms with E-state index in [1.54, 1.807) is 0 Å². The molecule has 0 bridgehead atoms. The molecule has 0 radical (unpaired) electrons. The molecule has 1 saturated carbocycles. The SMILES string of the molecule is CC(NCCCC1CCCC1)c1cc(F)c(Cl)cc1Cl. The van der Waals surface area contributed by atoms with Crippen molar-refractivity contribution in [1.82, 2.24) is 5.32 Å². The van der Waals surface area contributed by atoms with Gasteiger partial charge in [-0.3, -0.25) is 0 Å². The predicted molar refractivity (Wildman–Crippen MR) is 84.0 cm³/mol. The smallest absolute Gasteiger partial charge is 0.142 e. The fraction of sp³-hybridized carbons (Fsp3) is 0.625. The Morgan fingerprint density at radius 2 is 1.95 bits per heavy atom. The van der Waals surface area contributed by atoms with Crippen molar-refractivity contribution in [3.05, 3.63) is 33.6 Å². The van der Waals surface area contributed by atoms with Crippen LogP contribution in [-0.4, -0.2) is 6.54 Å². The number of benzene rings is 1. The molecule has 112 valence electrons. The third-order valence-electron chi connectivity index (χ3n) is 4.22. The number of hydrogen-bond acceptors (Lipinski definition) is 1. The fourth-order valence-corrected chi connectivity index (χ4v) is 3.53. The summed E-state index contributed by atoms with van der Waals surface area (Å²) in [7, 11) is 0. The largest absolute Gasteiger partial charge is 0.310 e. The topological polar surface area (TPSA) is 12.0 Å². The van der Waals surface area contributed by atoms with Crippen LogP contribution in [0.25, 0.3) is 0 Å². The van der Waals surface area contributed by atoms with Gasteiger partial charge in [-0.25, -0.2) is 4.39 Å². The molecule has 0 heterocycles. The van der Waals surface area contributed by atoms with E-state index in [-0.39, 0.29) is 11.1 Å². The number of hydrogen-bond donors (Lipinski definition) is 1. The monoisotopic (exact) mass is 317 g/mol. The van der Waals surface area contributed by atoms with Gasteiger partial charge in [0.1, 0.15) is 5.82 Å². The van der Waals surface area contributed by atoms with E-state index in [4.69, 9.17) is 23.2 Å². The Morgan fingerprint density at radius 1 is 1.25 bits per heavy atom. The summed E-state index contributed by atoms with van der Waals surface area (Å²) in [5, 5.41) is 4.01. The minimum absolute atomic E-state index is 0.0397. The van der Waals surface area contributed by atoms with Gasteiger partial charge in [0.05, 0.1) is 5.02 Å². The van der Waals surface area contributed by atoms with E-state index in [9.17, 15) is 4.39 Å². The molecule has 4 heteroatoms. The van der Waals surface area contributed by atoms with Crippen LogP contribution in [-0.2, 0) is 0 Å². The van der Waals surface area contributed by atoms with Gasteiger partial charge in [-0.2, -0.15) is 0 Å². The predicted octanol–water partition coefficient (Wildman–Crippen LogP) is 5.75. The molecule has 0 amide bonds. The zero-order valence-electron chi connectivity index (χ0n) is 11.9. The molecule has 1 aliphatic rings. The molecular formula is C16H22Cl2FN. The van der Waals surface area contributed by atoms with E-state index in [2.05, 4.69) is 5.32 Å². The lowest BCUT2D eigenvalue weighted by atomic mass is 10.0. The summed E-state index contributed by atoms with van der Waals surface area (Å²) < 4.78 is 13.5. The second kappa shape index (κ2) is 7.63. The van der Waals surface area contributed by atoms with E-state index >= 15 is 0 Å². The highest BCUT2D eigenvalue weighted by Crippen LogP contribution is 2.30. The van der Waals surface area contributed by atoms with E-state index in [0.717, 1.165) is 18.0 Å². The lowest BCUT2D eigenvalue weighted by molar-refractivity contribution is 0.456. The second-order valence-corrected chi connectivity index (χ2v) is 6.57. The number of rotatable bonds is 6.